The number of carbonyl (C=O) groups excluding carboxylic acids is 1. The topological polar surface area (TPSA) is 63.7 Å². The molecule has 1 atom stereocenters. The lowest BCUT2D eigenvalue weighted by molar-refractivity contribution is 0.102. The molecular formula is C20H24ClN3O3. The maximum absolute atomic E-state index is 12.6. The van der Waals surface area contributed by atoms with Crippen LogP contribution < -0.4 is 19.7 Å². The number of pyridine rings is 1. The second-order valence-electron chi connectivity index (χ2n) is 6.74. The first-order valence-corrected chi connectivity index (χ1v) is 9.33. The number of methoxy groups -OCH3 is 2. The molecule has 2 aromatic rings. The minimum Gasteiger partial charge on any atom is -0.495 e. The van der Waals surface area contributed by atoms with Gasteiger partial charge < -0.3 is 19.7 Å². The van der Waals surface area contributed by atoms with E-state index in [-0.39, 0.29) is 5.91 Å². The van der Waals surface area contributed by atoms with Gasteiger partial charge in [-0.2, -0.15) is 0 Å². The highest BCUT2D eigenvalue weighted by atomic mass is 35.5. The molecule has 1 aliphatic heterocycles. The van der Waals surface area contributed by atoms with Crippen LogP contribution in [-0.2, 0) is 0 Å². The Morgan fingerprint density at radius 1 is 1.26 bits per heavy atom. The minimum absolute atomic E-state index is 0.274. The summed E-state index contributed by atoms with van der Waals surface area (Å²) < 4.78 is 10.5. The van der Waals surface area contributed by atoms with E-state index < -0.39 is 0 Å². The number of piperidine rings is 1. The van der Waals surface area contributed by atoms with Gasteiger partial charge in [0.05, 0.1) is 30.5 Å². The first-order valence-electron chi connectivity index (χ1n) is 8.95. The van der Waals surface area contributed by atoms with Crippen molar-refractivity contribution in [3.63, 3.8) is 0 Å². The van der Waals surface area contributed by atoms with Gasteiger partial charge in [0, 0.05) is 31.4 Å². The van der Waals surface area contributed by atoms with Gasteiger partial charge in [0.15, 0.2) is 0 Å². The van der Waals surface area contributed by atoms with Crippen molar-refractivity contribution in [2.75, 3.05) is 37.5 Å². The second kappa shape index (κ2) is 8.48. The Kier molecular flexibility index (Phi) is 6.06. The van der Waals surface area contributed by atoms with E-state index in [0.717, 1.165) is 18.9 Å². The summed E-state index contributed by atoms with van der Waals surface area (Å²) in [5.74, 6) is 2.21. The van der Waals surface area contributed by atoms with Gasteiger partial charge in [-0.15, -0.1) is 0 Å². The highest BCUT2D eigenvalue weighted by Crippen LogP contribution is 2.36. The first kappa shape index (κ1) is 19.3. The molecule has 6 nitrogen and oxygen atoms in total. The fourth-order valence-corrected chi connectivity index (χ4v) is 3.49. The van der Waals surface area contributed by atoms with Crippen LogP contribution in [0.1, 0.15) is 30.1 Å². The number of rotatable bonds is 5. The van der Waals surface area contributed by atoms with Crippen LogP contribution in [-0.4, -0.2) is 38.2 Å². The zero-order chi connectivity index (χ0) is 19.4. The first-order chi connectivity index (χ1) is 13.0. The predicted molar refractivity (Wildman–Crippen MR) is 107 cm³/mol. The maximum Gasteiger partial charge on any atom is 0.257 e. The molecule has 144 valence electrons. The van der Waals surface area contributed by atoms with E-state index in [1.54, 1.807) is 24.4 Å². The molecular weight excluding hydrogens is 366 g/mol. The van der Waals surface area contributed by atoms with Crippen molar-refractivity contribution in [1.82, 2.24) is 4.98 Å². The molecule has 0 aliphatic carbocycles. The number of hydrogen-bond acceptors (Lipinski definition) is 5. The summed E-state index contributed by atoms with van der Waals surface area (Å²) in [6.07, 6.45) is 4.02. The molecule has 0 saturated carbocycles. The lowest BCUT2D eigenvalue weighted by Crippen LogP contribution is -2.34. The average Bonchev–Trinajstić information content (AvgIpc) is 2.69. The predicted octanol–water partition coefficient (Wildman–Crippen LogP) is 4.24. The van der Waals surface area contributed by atoms with E-state index in [1.165, 1.54) is 27.1 Å². The monoisotopic (exact) mass is 389 g/mol. The zero-order valence-corrected chi connectivity index (χ0v) is 16.5. The number of carbonyl (C=O) groups is 1. The molecule has 0 bridgehead atoms. The van der Waals surface area contributed by atoms with Gasteiger partial charge in [-0.25, -0.2) is 4.98 Å². The van der Waals surface area contributed by atoms with Crippen molar-refractivity contribution in [1.29, 1.82) is 0 Å². The number of anilines is 2. The minimum atomic E-state index is -0.274. The molecule has 2 heterocycles. The second-order valence-corrected chi connectivity index (χ2v) is 7.15. The van der Waals surface area contributed by atoms with Crippen molar-refractivity contribution in [2.24, 2.45) is 5.92 Å². The van der Waals surface area contributed by atoms with Crippen molar-refractivity contribution < 1.29 is 14.3 Å². The molecule has 1 aromatic carbocycles. The number of nitrogens with zero attached hydrogens (tertiary/aromatic N) is 2. The highest BCUT2D eigenvalue weighted by molar-refractivity contribution is 6.32. The normalized spacial score (nSPS) is 16.7. The number of ether oxygens (including phenoxy) is 2. The zero-order valence-electron chi connectivity index (χ0n) is 15.8. The summed E-state index contributed by atoms with van der Waals surface area (Å²) in [5, 5.41) is 3.24. The third-order valence-corrected chi connectivity index (χ3v) is 5.01. The van der Waals surface area contributed by atoms with E-state index in [4.69, 9.17) is 21.1 Å². The molecule has 3 rings (SSSR count). The van der Waals surface area contributed by atoms with Crippen molar-refractivity contribution in [2.45, 2.75) is 19.8 Å². The molecule has 27 heavy (non-hydrogen) atoms. The number of amides is 1. The lowest BCUT2D eigenvalue weighted by atomic mass is 10.0. The van der Waals surface area contributed by atoms with Crippen LogP contribution in [0.25, 0.3) is 0 Å². The summed E-state index contributed by atoms with van der Waals surface area (Å²) >= 11 is 6.10. The highest BCUT2D eigenvalue weighted by Gasteiger charge is 2.18. The average molecular weight is 390 g/mol. The Labute approximate surface area is 164 Å². The number of benzene rings is 1. The quantitative estimate of drug-likeness (QED) is 0.828. The van der Waals surface area contributed by atoms with E-state index in [2.05, 4.69) is 22.1 Å². The largest absolute Gasteiger partial charge is 0.495 e. The van der Waals surface area contributed by atoms with E-state index >= 15 is 0 Å². The Morgan fingerprint density at radius 2 is 2.04 bits per heavy atom. The number of nitrogens with one attached hydrogen (secondary N) is 1. The number of hydrogen-bond donors (Lipinski definition) is 1. The summed E-state index contributed by atoms with van der Waals surface area (Å²) in [5.41, 5.74) is 0.956. The molecule has 1 aliphatic rings. The van der Waals surface area contributed by atoms with Gasteiger partial charge in [0.1, 0.15) is 17.3 Å². The molecule has 0 radical (unpaired) electrons. The Bertz CT molecular complexity index is 811. The smallest absolute Gasteiger partial charge is 0.257 e. The Balaban J connectivity index is 1.75. The van der Waals surface area contributed by atoms with E-state index in [9.17, 15) is 4.79 Å². The summed E-state index contributed by atoms with van der Waals surface area (Å²) in [6.45, 7) is 4.26. The third-order valence-electron chi connectivity index (χ3n) is 4.71. The van der Waals surface area contributed by atoms with Crippen LogP contribution in [0.3, 0.4) is 0 Å². The van der Waals surface area contributed by atoms with Gasteiger partial charge in [-0.05, 0) is 30.9 Å². The van der Waals surface area contributed by atoms with Gasteiger partial charge in [0.2, 0.25) is 0 Å². The van der Waals surface area contributed by atoms with Gasteiger partial charge >= 0.3 is 0 Å². The number of halogens is 1. The van der Waals surface area contributed by atoms with Crippen molar-refractivity contribution in [3.05, 3.63) is 41.0 Å². The van der Waals surface area contributed by atoms with Gasteiger partial charge in [0.25, 0.3) is 5.91 Å². The Morgan fingerprint density at radius 3 is 2.67 bits per heavy atom. The maximum atomic E-state index is 12.6. The molecule has 1 saturated heterocycles. The van der Waals surface area contributed by atoms with Crippen LogP contribution in [0.5, 0.6) is 11.5 Å². The Hall–Kier alpha value is -2.47. The van der Waals surface area contributed by atoms with Crippen molar-refractivity contribution in [3.8, 4) is 11.5 Å². The molecule has 7 heteroatoms. The number of aromatic nitrogens is 1. The molecule has 0 spiro atoms. The van der Waals surface area contributed by atoms with Gasteiger partial charge in [-0.1, -0.05) is 18.5 Å². The standard InChI is InChI=1S/C20H24ClN3O3/c1-13-5-4-8-24(12-13)19-7-6-14(11-22-19)20(25)23-16-10-17(26-2)15(21)9-18(16)27-3/h6-7,9-11,13H,4-5,8,12H2,1-3H3,(H,23,25). The van der Waals surface area contributed by atoms with Gasteiger partial charge in [-0.3, -0.25) is 4.79 Å². The molecule has 1 aromatic heterocycles. The molecule has 1 N–H and O–H groups in total. The summed E-state index contributed by atoms with van der Waals surface area (Å²) in [6, 6.07) is 6.92. The van der Waals surface area contributed by atoms with Crippen LogP contribution in [0.4, 0.5) is 11.5 Å². The van der Waals surface area contributed by atoms with E-state index in [0.29, 0.717) is 33.7 Å². The lowest BCUT2D eigenvalue weighted by Gasteiger charge is -2.31. The molecule has 1 fully saturated rings. The van der Waals surface area contributed by atoms with Crippen LogP contribution in [0.15, 0.2) is 30.5 Å². The SMILES string of the molecule is COc1cc(NC(=O)c2ccc(N3CCCC(C)C3)nc2)c(OC)cc1Cl. The molecule has 1 amide bonds. The fraction of sp³-hybridized carbons (Fsp3) is 0.400. The van der Waals surface area contributed by atoms with Crippen LogP contribution >= 0.6 is 11.6 Å². The third kappa shape index (κ3) is 4.45. The summed E-state index contributed by atoms with van der Waals surface area (Å²) in [4.78, 5) is 19.4. The fourth-order valence-electron chi connectivity index (χ4n) is 3.26. The summed E-state index contributed by atoms with van der Waals surface area (Å²) in [7, 11) is 3.03. The van der Waals surface area contributed by atoms with Crippen LogP contribution in [0, 0.1) is 5.92 Å². The molecule has 1 unspecified atom stereocenters. The van der Waals surface area contributed by atoms with E-state index in [1.807, 2.05) is 6.07 Å². The van der Waals surface area contributed by atoms with Crippen molar-refractivity contribution >= 4 is 29.0 Å². The van der Waals surface area contributed by atoms with Crippen LogP contribution in [0.2, 0.25) is 5.02 Å².